The molecule has 2 aromatic carbocycles. The first-order valence-electron chi connectivity index (χ1n) is 5.44. The van der Waals surface area contributed by atoms with E-state index in [-0.39, 0.29) is 5.75 Å². The number of para-hydroxylation sites is 1. The molecule has 0 radical (unpaired) electrons. The summed E-state index contributed by atoms with van der Waals surface area (Å²) in [5.74, 6) is 0.241. The van der Waals surface area contributed by atoms with Crippen molar-refractivity contribution in [2.24, 2.45) is 0 Å². The van der Waals surface area contributed by atoms with E-state index in [1.54, 1.807) is 12.1 Å². The van der Waals surface area contributed by atoms with Gasteiger partial charge in [0, 0.05) is 10.9 Å². The lowest BCUT2D eigenvalue weighted by atomic mass is 10.0. The molecule has 18 heavy (non-hydrogen) atoms. The maximum absolute atomic E-state index is 9.84. The van der Waals surface area contributed by atoms with Gasteiger partial charge in [-0.15, -0.1) is 0 Å². The Morgan fingerprint density at radius 1 is 1.00 bits per heavy atom. The highest BCUT2D eigenvalue weighted by Crippen LogP contribution is 2.31. The first-order chi connectivity index (χ1) is 8.75. The van der Waals surface area contributed by atoms with Crippen LogP contribution in [0, 0.1) is 0 Å². The van der Waals surface area contributed by atoms with Crippen LogP contribution in [0.25, 0.3) is 22.0 Å². The van der Waals surface area contributed by atoms with Crippen molar-refractivity contribution in [1.29, 1.82) is 0 Å². The number of fused-ring (bicyclic) bond motifs is 1. The largest absolute Gasteiger partial charge is 0.507 e. The van der Waals surface area contributed by atoms with Crippen molar-refractivity contribution in [2.75, 3.05) is 0 Å². The number of phenols is 1. The number of aromatic hydroxyl groups is 1. The van der Waals surface area contributed by atoms with Gasteiger partial charge in [-0.25, -0.2) is 9.97 Å². The van der Waals surface area contributed by atoms with Gasteiger partial charge in [-0.05, 0) is 23.8 Å². The normalized spacial score (nSPS) is 10.7. The average molecular weight is 257 g/mol. The zero-order valence-electron chi connectivity index (χ0n) is 9.34. The molecule has 0 unspecified atom stereocenters. The molecule has 0 aliphatic heterocycles. The van der Waals surface area contributed by atoms with Crippen molar-refractivity contribution in [3.8, 4) is 16.9 Å². The van der Waals surface area contributed by atoms with Crippen LogP contribution >= 0.6 is 11.6 Å². The minimum absolute atomic E-state index is 0.241. The number of rotatable bonds is 1. The first kappa shape index (κ1) is 11.0. The fourth-order valence-electron chi connectivity index (χ4n) is 1.91. The van der Waals surface area contributed by atoms with Gasteiger partial charge >= 0.3 is 0 Å². The molecule has 1 heterocycles. The number of hydrogen-bond acceptors (Lipinski definition) is 3. The quantitative estimate of drug-likeness (QED) is 0.676. The molecule has 4 heteroatoms. The molecule has 0 aliphatic carbocycles. The Morgan fingerprint density at radius 2 is 1.83 bits per heavy atom. The summed E-state index contributed by atoms with van der Waals surface area (Å²) in [6, 6.07) is 12.8. The number of aromatic nitrogens is 2. The Labute approximate surface area is 109 Å². The number of hydrogen-bond donors (Lipinski definition) is 1. The first-order valence-corrected chi connectivity index (χ1v) is 5.82. The van der Waals surface area contributed by atoms with Gasteiger partial charge in [0.05, 0.1) is 5.52 Å². The molecular weight excluding hydrogens is 248 g/mol. The maximum atomic E-state index is 9.84. The molecule has 0 saturated heterocycles. The molecule has 0 atom stereocenters. The summed E-state index contributed by atoms with van der Waals surface area (Å²) in [5, 5.41) is 11.0. The number of nitrogens with zero attached hydrogens (tertiary/aromatic N) is 2. The predicted molar refractivity (Wildman–Crippen MR) is 71.6 cm³/mol. The number of halogens is 1. The minimum atomic E-state index is 0.241. The van der Waals surface area contributed by atoms with Gasteiger partial charge in [0.15, 0.2) is 0 Å². The molecule has 88 valence electrons. The molecule has 3 rings (SSSR count). The van der Waals surface area contributed by atoms with Crippen LogP contribution < -0.4 is 0 Å². The molecular formula is C14H9ClN2O. The van der Waals surface area contributed by atoms with E-state index in [0.29, 0.717) is 5.15 Å². The van der Waals surface area contributed by atoms with E-state index >= 15 is 0 Å². The molecule has 0 aliphatic rings. The minimum Gasteiger partial charge on any atom is -0.507 e. The molecule has 0 spiro atoms. The predicted octanol–water partition coefficient (Wildman–Crippen LogP) is 3.66. The van der Waals surface area contributed by atoms with Gasteiger partial charge in [-0.1, -0.05) is 35.9 Å². The summed E-state index contributed by atoms with van der Waals surface area (Å²) in [4.78, 5) is 8.10. The molecule has 0 fully saturated rings. The molecule has 3 aromatic rings. The lowest BCUT2D eigenvalue weighted by Crippen LogP contribution is -1.85. The van der Waals surface area contributed by atoms with E-state index in [1.165, 1.54) is 6.33 Å². The van der Waals surface area contributed by atoms with Gasteiger partial charge in [0.1, 0.15) is 17.2 Å². The SMILES string of the molecule is Oc1ccccc1-c1ccc2ncnc(Cl)c2c1. The third-order valence-corrected chi connectivity index (χ3v) is 3.10. The highest BCUT2D eigenvalue weighted by Gasteiger charge is 2.06. The van der Waals surface area contributed by atoms with E-state index in [0.717, 1.165) is 22.0 Å². The van der Waals surface area contributed by atoms with Crippen molar-refractivity contribution in [2.45, 2.75) is 0 Å². The van der Waals surface area contributed by atoms with Crippen LogP contribution in [0.2, 0.25) is 5.15 Å². The van der Waals surface area contributed by atoms with Crippen molar-refractivity contribution in [1.82, 2.24) is 9.97 Å². The summed E-state index contributed by atoms with van der Waals surface area (Å²) in [6.07, 6.45) is 1.43. The molecule has 1 N–H and O–H groups in total. The topological polar surface area (TPSA) is 46.0 Å². The molecule has 0 amide bonds. The molecule has 0 bridgehead atoms. The maximum Gasteiger partial charge on any atom is 0.140 e. The Hall–Kier alpha value is -2.13. The van der Waals surface area contributed by atoms with Crippen LogP contribution in [0.15, 0.2) is 48.8 Å². The Bertz CT molecular complexity index is 728. The standard InChI is InChI=1S/C14H9ClN2O/c15-14-11-7-9(5-6-12(11)16-8-17-14)10-3-1-2-4-13(10)18/h1-8,18H. The third kappa shape index (κ3) is 1.79. The average Bonchev–Trinajstić information content (AvgIpc) is 2.40. The Kier molecular flexibility index (Phi) is 2.61. The van der Waals surface area contributed by atoms with E-state index < -0.39 is 0 Å². The van der Waals surface area contributed by atoms with E-state index in [1.807, 2.05) is 30.3 Å². The van der Waals surface area contributed by atoms with Crippen LogP contribution in [-0.4, -0.2) is 15.1 Å². The second-order valence-electron chi connectivity index (χ2n) is 3.91. The smallest absolute Gasteiger partial charge is 0.140 e. The van der Waals surface area contributed by atoms with Gasteiger partial charge in [0.25, 0.3) is 0 Å². The zero-order chi connectivity index (χ0) is 12.5. The summed E-state index contributed by atoms with van der Waals surface area (Å²) >= 11 is 6.04. The fraction of sp³-hybridized carbons (Fsp3) is 0. The summed E-state index contributed by atoms with van der Waals surface area (Å²) in [7, 11) is 0. The van der Waals surface area contributed by atoms with Gasteiger partial charge in [-0.2, -0.15) is 0 Å². The van der Waals surface area contributed by atoms with E-state index in [9.17, 15) is 5.11 Å². The summed E-state index contributed by atoms with van der Waals surface area (Å²) in [5.41, 5.74) is 2.44. The van der Waals surface area contributed by atoms with Crippen molar-refractivity contribution in [3.05, 3.63) is 53.9 Å². The van der Waals surface area contributed by atoms with Crippen LogP contribution in [0.4, 0.5) is 0 Å². The highest BCUT2D eigenvalue weighted by atomic mass is 35.5. The van der Waals surface area contributed by atoms with E-state index in [2.05, 4.69) is 9.97 Å². The van der Waals surface area contributed by atoms with Crippen molar-refractivity contribution in [3.63, 3.8) is 0 Å². The lowest BCUT2D eigenvalue weighted by Gasteiger charge is -2.06. The number of phenolic OH excluding ortho intramolecular Hbond substituents is 1. The van der Waals surface area contributed by atoms with Crippen LogP contribution in [0.5, 0.6) is 5.75 Å². The van der Waals surface area contributed by atoms with Crippen LogP contribution in [-0.2, 0) is 0 Å². The second kappa shape index (κ2) is 4.27. The van der Waals surface area contributed by atoms with Crippen molar-refractivity contribution >= 4 is 22.5 Å². The van der Waals surface area contributed by atoms with Gasteiger partial charge in [0.2, 0.25) is 0 Å². The van der Waals surface area contributed by atoms with Crippen molar-refractivity contribution < 1.29 is 5.11 Å². The monoisotopic (exact) mass is 256 g/mol. The zero-order valence-corrected chi connectivity index (χ0v) is 10.1. The van der Waals surface area contributed by atoms with Gasteiger partial charge < -0.3 is 5.11 Å². The lowest BCUT2D eigenvalue weighted by molar-refractivity contribution is 0.477. The second-order valence-corrected chi connectivity index (χ2v) is 4.27. The highest BCUT2D eigenvalue weighted by molar-refractivity contribution is 6.34. The van der Waals surface area contributed by atoms with Gasteiger partial charge in [-0.3, -0.25) is 0 Å². The number of benzene rings is 2. The Balaban J connectivity index is 2.26. The van der Waals surface area contributed by atoms with E-state index in [4.69, 9.17) is 11.6 Å². The third-order valence-electron chi connectivity index (χ3n) is 2.80. The van der Waals surface area contributed by atoms with Crippen LogP contribution in [0.3, 0.4) is 0 Å². The summed E-state index contributed by atoms with van der Waals surface area (Å²) in [6.45, 7) is 0. The molecule has 1 aromatic heterocycles. The summed E-state index contributed by atoms with van der Waals surface area (Å²) < 4.78 is 0. The molecule has 3 nitrogen and oxygen atoms in total. The Morgan fingerprint density at radius 3 is 2.67 bits per heavy atom. The van der Waals surface area contributed by atoms with Crippen LogP contribution in [0.1, 0.15) is 0 Å². The molecule has 0 saturated carbocycles. The fourth-order valence-corrected chi connectivity index (χ4v) is 2.11.